The Morgan fingerprint density at radius 1 is 0.773 bits per heavy atom. The Morgan fingerprint density at radius 2 is 1.36 bits per heavy atom. The van der Waals surface area contributed by atoms with E-state index in [1.165, 1.54) is 25.7 Å². The minimum atomic E-state index is -0.859. The predicted octanol–water partition coefficient (Wildman–Crippen LogP) is 6.75. The van der Waals surface area contributed by atoms with E-state index in [1.807, 2.05) is 0 Å². The van der Waals surface area contributed by atoms with Gasteiger partial charge in [0.1, 0.15) is 0 Å². The average molecular weight is 314 g/mol. The molecule has 0 aliphatic rings. The topological polar surface area (TPSA) is 29.1 Å². The lowest BCUT2D eigenvalue weighted by atomic mass is 9.75. The molecule has 1 unspecified atom stereocenters. The van der Waals surface area contributed by atoms with Crippen molar-refractivity contribution in [3.63, 3.8) is 0 Å². The Hall–Kier alpha value is -0.0800. The highest BCUT2D eigenvalue weighted by atomic mass is 16.6. The Bertz CT molecular complexity index is 254. The summed E-state index contributed by atoms with van der Waals surface area (Å²) in [6, 6.07) is 0. The predicted molar refractivity (Wildman–Crippen MR) is 95.5 cm³/mol. The molecule has 0 amide bonds. The second-order valence-corrected chi connectivity index (χ2v) is 7.08. The molecule has 0 spiro atoms. The molecular formula is C20H41O2. The normalized spacial score (nSPS) is 14.3. The zero-order chi connectivity index (χ0) is 17.1. The Balaban J connectivity index is 4.58. The van der Waals surface area contributed by atoms with Crippen LogP contribution >= 0.6 is 0 Å². The van der Waals surface area contributed by atoms with Crippen LogP contribution in [-0.4, -0.2) is 12.9 Å². The standard InChI is InChI=1S/C20H41O2/c1-7-13-15-20(11-5,12-6)18(21)22-17-16-19(9-3,10-4)14-8-2/h18H,7-17H2,1-6H3. The van der Waals surface area contributed by atoms with Gasteiger partial charge in [-0.2, -0.15) is 0 Å². The van der Waals surface area contributed by atoms with Gasteiger partial charge in [0.2, 0.25) is 0 Å². The highest BCUT2D eigenvalue weighted by Gasteiger charge is 2.36. The minimum Gasteiger partial charge on any atom is -0.349 e. The van der Waals surface area contributed by atoms with Gasteiger partial charge in [0.15, 0.2) is 6.29 Å². The van der Waals surface area contributed by atoms with Gasteiger partial charge in [0, 0.05) is 5.41 Å². The molecule has 0 saturated heterocycles. The molecule has 133 valence electrons. The first-order valence-corrected chi connectivity index (χ1v) is 9.77. The molecule has 22 heavy (non-hydrogen) atoms. The molecule has 0 saturated carbocycles. The second-order valence-electron chi connectivity index (χ2n) is 7.08. The van der Waals surface area contributed by atoms with Gasteiger partial charge < -0.3 is 4.74 Å². The molecule has 1 atom stereocenters. The van der Waals surface area contributed by atoms with Gasteiger partial charge in [0.25, 0.3) is 0 Å². The fourth-order valence-electron chi connectivity index (χ4n) is 3.76. The summed E-state index contributed by atoms with van der Waals surface area (Å²) in [7, 11) is 0. The highest BCUT2D eigenvalue weighted by molar-refractivity contribution is 4.80. The SMILES string of the molecule is CCCCC(CC)(CC)C([O])OCCC(CC)(CC)CCC. The lowest BCUT2D eigenvalue weighted by molar-refractivity contribution is -0.218. The number of unbranched alkanes of at least 4 members (excludes halogenated alkanes) is 1. The smallest absolute Gasteiger partial charge is 0.196 e. The molecule has 0 aromatic rings. The lowest BCUT2D eigenvalue weighted by Crippen LogP contribution is -2.36. The molecule has 0 aromatic carbocycles. The van der Waals surface area contributed by atoms with Gasteiger partial charge in [-0.15, -0.1) is 0 Å². The van der Waals surface area contributed by atoms with Crippen LogP contribution in [0.3, 0.4) is 0 Å². The van der Waals surface area contributed by atoms with Crippen LogP contribution in [0.15, 0.2) is 0 Å². The van der Waals surface area contributed by atoms with Crippen molar-refractivity contribution < 1.29 is 9.84 Å². The summed E-state index contributed by atoms with van der Waals surface area (Å²) in [5.41, 5.74) is 0.209. The lowest BCUT2D eigenvalue weighted by Gasteiger charge is -2.36. The van der Waals surface area contributed by atoms with E-state index < -0.39 is 6.29 Å². The van der Waals surface area contributed by atoms with Crippen molar-refractivity contribution in [1.29, 1.82) is 0 Å². The van der Waals surface area contributed by atoms with Crippen LogP contribution in [0.5, 0.6) is 0 Å². The Labute approximate surface area is 140 Å². The summed E-state index contributed by atoms with van der Waals surface area (Å²) in [6.45, 7) is 13.9. The van der Waals surface area contributed by atoms with Gasteiger partial charge >= 0.3 is 0 Å². The van der Waals surface area contributed by atoms with Crippen molar-refractivity contribution in [3.05, 3.63) is 0 Å². The zero-order valence-electron chi connectivity index (χ0n) is 16.2. The van der Waals surface area contributed by atoms with E-state index in [9.17, 15) is 5.11 Å². The maximum absolute atomic E-state index is 12.7. The van der Waals surface area contributed by atoms with Crippen LogP contribution < -0.4 is 0 Å². The Morgan fingerprint density at radius 3 is 1.77 bits per heavy atom. The Kier molecular flexibility index (Phi) is 11.4. The van der Waals surface area contributed by atoms with E-state index in [-0.39, 0.29) is 5.41 Å². The first-order valence-electron chi connectivity index (χ1n) is 9.77. The van der Waals surface area contributed by atoms with E-state index in [1.54, 1.807) is 0 Å². The summed E-state index contributed by atoms with van der Waals surface area (Å²) >= 11 is 0. The van der Waals surface area contributed by atoms with E-state index in [2.05, 4.69) is 41.5 Å². The molecule has 0 aromatic heterocycles. The van der Waals surface area contributed by atoms with Crippen LogP contribution in [0.4, 0.5) is 0 Å². The summed E-state index contributed by atoms with van der Waals surface area (Å²) in [4.78, 5) is 0. The van der Waals surface area contributed by atoms with E-state index in [0.717, 1.165) is 38.5 Å². The minimum absolute atomic E-state index is 0.165. The fourth-order valence-corrected chi connectivity index (χ4v) is 3.76. The van der Waals surface area contributed by atoms with E-state index in [4.69, 9.17) is 4.74 Å². The molecule has 0 aliphatic heterocycles. The number of rotatable bonds is 14. The van der Waals surface area contributed by atoms with E-state index >= 15 is 0 Å². The summed E-state index contributed by atoms with van der Waals surface area (Å²) in [6.07, 6.45) is 10.2. The molecule has 0 rings (SSSR count). The third-order valence-electron chi connectivity index (χ3n) is 6.12. The van der Waals surface area contributed by atoms with Gasteiger partial charge in [0.05, 0.1) is 6.61 Å². The fraction of sp³-hybridized carbons (Fsp3) is 1.00. The second kappa shape index (κ2) is 11.5. The third kappa shape index (κ3) is 6.20. The largest absolute Gasteiger partial charge is 0.349 e. The van der Waals surface area contributed by atoms with Gasteiger partial charge in [-0.05, 0) is 37.5 Å². The molecule has 2 heteroatoms. The van der Waals surface area contributed by atoms with Gasteiger partial charge in [-0.3, -0.25) is 0 Å². The zero-order valence-corrected chi connectivity index (χ0v) is 16.2. The molecular weight excluding hydrogens is 272 g/mol. The molecule has 2 nitrogen and oxygen atoms in total. The first kappa shape index (κ1) is 21.9. The average Bonchev–Trinajstić information content (AvgIpc) is 2.55. The van der Waals surface area contributed by atoms with Crippen molar-refractivity contribution in [3.8, 4) is 0 Å². The quantitative estimate of drug-likeness (QED) is 0.326. The summed E-state index contributed by atoms with van der Waals surface area (Å²) < 4.78 is 5.84. The molecule has 0 fully saturated rings. The summed E-state index contributed by atoms with van der Waals surface area (Å²) in [5, 5.41) is 12.7. The molecule has 0 N–H and O–H groups in total. The van der Waals surface area contributed by atoms with Crippen molar-refractivity contribution in [2.24, 2.45) is 10.8 Å². The van der Waals surface area contributed by atoms with Crippen molar-refractivity contribution in [2.45, 2.75) is 112 Å². The molecule has 0 heterocycles. The van der Waals surface area contributed by atoms with Crippen molar-refractivity contribution >= 4 is 0 Å². The van der Waals surface area contributed by atoms with Crippen LogP contribution in [0.25, 0.3) is 0 Å². The molecule has 0 bridgehead atoms. The molecule has 0 aliphatic carbocycles. The maximum Gasteiger partial charge on any atom is 0.196 e. The monoisotopic (exact) mass is 313 g/mol. The number of hydrogen-bond acceptors (Lipinski definition) is 1. The molecule has 1 radical (unpaired) electrons. The van der Waals surface area contributed by atoms with Crippen molar-refractivity contribution in [1.82, 2.24) is 0 Å². The summed E-state index contributed by atoms with van der Waals surface area (Å²) in [5.74, 6) is 0. The van der Waals surface area contributed by atoms with E-state index in [0.29, 0.717) is 12.0 Å². The third-order valence-corrected chi connectivity index (χ3v) is 6.12. The highest BCUT2D eigenvalue weighted by Crippen LogP contribution is 2.39. The maximum atomic E-state index is 12.7. The van der Waals surface area contributed by atoms with Crippen LogP contribution in [0, 0.1) is 10.8 Å². The number of ether oxygens (including phenoxy) is 1. The van der Waals surface area contributed by atoms with Crippen molar-refractivity contribution in [2.75, 3.05) is 6.61 Å². The first-order chi connectivity index (χ1) is 10.5. The van der Waals surface area contributed by atoms with Crippen LogP contribution in [0.1, 0.15) is 106 Å². The van der Waals surface area contributed by atoms with Crippen LogP contribution in [0.2, 0.25) is 0 Å². The number of hydrogen-bond donors (Lipinski definition) is 0. The van der Waals surface area contributed by atoms with Crippen LogP contribution in [-0.2, 0) is 9.84 Å². The van der Waals surface area contributed by atoms with Gasteiger partial charge in [-0.1, -0.05) is 73.6 Å². The van der Waals surface area contributed by atoms with Gasteiger partial charge in [-0.25, -0.2) is 5.11 Å².